The number of para-hydroxylation sites is 4. The van der Waals surface area contributed by atoms with Crippen LogP contribution in [0.2, 0.25) is 0 Å². The molecular weight excluding hydrogens is 472 g/mol. The molecule has 2 aliphatic rings. The molecule has 0 radical (unpaired) electrons. The lowest BCUT2D eigenvalue weighted by Gasteiger charge is -2.27. The maximum Gasteiger partial charge on any atom is 0.0870 e. The van der Waals surface area contributed by atoms with Crippen LogP contribution in [-0.2, 0) is 0 Å². The standard InChI is InChI=1S/C37H22N2/c1-2-10-22(11-3-1)38-31-19-7-5-13-29(31)34-32(38)21-20-26-24-14-8-15-25-28-17-9-16-27-23-12-4-6-18-30(23)39(36(27)28)37(33(24)25)35(26)34/h1-21,37H. The van der Waals surface area contributed by atoms with Crippen LogP contribution in [-0.4, -0.2) is 9.13 Å². The predicted octanol–water partition coefficient (Wildman–Crippen LogP) is 9.49. The Morgan fingerprint density at radius 1 is 0.410 bits per heavy atom. The summed E-state index contributed by atoms with van der Waals surface area (Å²) in [6, 6.07) is 47.2. The lowest BCUT2D eigenvalue weighted by molar-refractivity contribution is 0.746. The second-order valence-electron chi connectivity index (χ2n) is 10.9. The lowest BCUT2D eigenvalue weighted by Crippen LogP contribution is -2.14. The Labute approximate surface area is 225 Å². The van der Waals surface area contributed by atoms with Gasteiger partial charge in [-0.25, -0.2) is 0 Å². The van der Waals surface area contributed by atoms with Crippen molar-refractivity contribution in [2.24, 2.45) is 0 Å². The summed E-state index contributed by atoms with van der Waals surface area (Å²) in [5.41, 5.74) is 14.7. The van der Waals surface area contributed by atoms with E-state index in [1.165, 1.54) is 82.7 Å². The van der Waals surface area contributed by atoms with E-state index in [0.717, 1.165) is 0 Å². The van der Waals surface area contributed by atoms with Crippen LogP contribution in [0, 0.1) is 0 Å². The van der Waals surface area contributed by atoms with Gasteiger partial charge in [0.15, 0.2) is 0 Å². The third-order valence-electron chi connectivity index (χ3n) is 9.12. The smallest absolute Gasteiger partial charge is 0.0870 e. The first kappa shape index (κ1) is 20.0. The van der Waals surface area contributed by atoms with Gasteiger partial charge in [-0.05, 0) is 58.1 Å². The molecule has 0 spiro atoms. The molecule has 39 heavy (non-hydrogen) atoms. The Morgan fingerprint density at radius 3 is 1.92 bits per heavy atom. The number of hydrogen-bond acceptors (Lipinski definition) is 0. The fourth-order valence-corrected chi connectivity index (χ4v) is 7.73. The molecule has 1 aliphatic carbocycles. The Bertz CT molecular complexity index is 2330. The number of fused-ring (bicyclic) bond motifs is 12. The monoisotopic (exact) mass is 494 g/mol. The van der Waals surface area contributed by atoms with E-state index in [9.17, 15) is 0 Å². The van der Waals surface area contributed by atoms with Crippen molar-refractivity contribution in [3.05, 3.63) is 139 Å². The molecule has 6 aromatic carbocycles. The fraction of sp³-hybridized carbons (Fsp3) is 0.0270. The van der Waals surface area contributed by atoms with E-state index < -0.39 is 0 Å². The number of hydrogen-bond donors (Lipinski definition) is 0. The molecule has 10 rings (SSSR count). The zero-order chi connectivity index (χ0) is 25.2. The molecule has 8 aromatic rings. The van der Waals surface area contributed by atoms with Gasteiger partial charge in [-0.1, -0.05) is 97.1 Å². The highest BCUT2D eigenvalue weighted by atomic mass is 15.0. The molecule has 3 heterocycles. The highest BCUT2D eigenvalue weighted by Gasteiger charge is 2.40. The molecule has 2 nitrogen and oxygen atoms in total. The van der Waals surface area contributed by atoms with E-state index in [0.29, 0.717) is 0 Å². The molecule has 0 saturated heterocycles. The Hall–Kier alpha value is -5.08. The molecule has 1 atom stereocenters. The third kappa shape index (κ3) is 2.26. The minimum atomic E-state index is 0.127. The minimum Gasteiger partial charge on any atom is -0.328 e. The first-order valence-electron chi connectivity index (χ1n) is 13.7. The third-order valence-corrected chi connectivity index (χ3v) is 9.12. The van der Waals surface area contributed by atoms with Crippen LogP contribution in [0.4, 0.5) is 0 Å². The normalized spacial score (nSPS) is 14.9. The van der Waals surface area contributed by atoms with Crippen molar-refractivity contribution in [2.45, 2.75) is 6.04 Å². The Kier molecular flexibility index (Phi) is 3.51. The molecular formula is C37H22N2. The number of benzene rings is 6. The molecule has 180 valence electrons. The quantitative estimate of drug-likeness (QED) is 0.215. The highest BCUT2D eigenvalue weighted by Crippen LogP contribution is 2.58. The first-order valence-corrected chi connectivity index (χ1v) is 13.7. The molecule has 2 heteroatoms. The van der Waals surface area contributed by atoms with Crippen molar-refractivity contribution in [1.82, 2.24) is 9.13 Å². The summed E-state index contributed by atoms with van der Waals surface area (Å²) < 4.78 is 5.08. The molecule has 0 N–H and O–H groups in total. The summed E-state index contributed by atoms with van der Waals surface area (Å²) in [6.45, 7) is 0. The summed E-state index contributed by atoms with van der Waals surface area (Å²) in [5, 5.41) is 5.35. The van der Waals surface area contributed by atoms with E-state index in [1.807, 2.05) is 0 Å². The van der Waals surface area contributed by atoms with Crippen LogP contribution in [0.3, 0.4) is 0 Å². The van der Waals surface area contributed by atoms with Gasteiger partial charge >= 0.3 is 0 Å². The molecule has 0 bridgehead atoms. The van der Waals surface area contributed by atoms with Crippen molar-refractivity contribution >= 4 is 43.6 Å². The summed E-state index contributed by atoms with van der Waals surface area (Å²) in [7, 11) is 0. The van der Waals surface area contributed by atoms with Crippen molar-refractivity contribution in [2.75, 3.05) is 0 Å². The fourth-order valence-electron chi connectivity index (χ4n) is 7.73. The molecule has 0 amide bonds. The zero-order valence-electron chi connectivity index (χ0n) is 21.1. The summed E-state index contributed by atoms with van der Waals surface area (Å²) in [4.78, 5) is 0. The van der Waals surface area contributed by atoms with E-state index >= 15 is 0 Å². The van der Waals surface area contributed by atoms with Crippen LogP contribution in [0.1, 0.15) is 17.2 Å². The average molecular weight is 495 g/mol. The van der Waals surface area contributed by atoms with Crippen LogP contribution in [0.15, 0.2) is 127 Å². The molecule has 1 aliphatic heterocycles. The number of aromatic nitrogens is 2. The maximum absolute atomic E-state index is 2.64. The molecule has 2 aromatic heterocycles. The van der Waals surface area contributed by atoms with Crippen molar-refractivity contribution in [3.63, 3.8) is 0 Å². The Balaban J connectivity index is 1.44. The predicted molar refractivity (Wildman–Crippen MR) is 162 cm³/mol. The molecule has 0 fully saturated rings. The van der Waals surface area contributed by atoms with Crippen molar-refractivity contribution in [3.8, 4) is 27.9 Å². The topological polar surface area (TPSA) is 9.86 Å². The van der Waals surface area contributed by atoms with Gasteiger partial charge in [0.2, 0.25) is 0 Å². The van der Waals surface area contributed by atoms with Crippen LogP contribution >= 0.6 is 0 Å². The zero-order valence-corrected chi connectivity index (χ0v) is 21.1. The van der Waals surface area contributed by atoms with Crippen LogP contribution in [0.5, 0.6) is 0 Å². The van der Waals surface area contributed by atoms with E-state index in [2.05, 4.69) is 137 Å². The maximum atomic E-state index is 2.64. The van der Waals surface area contributed by atoms with Gasteiger partial charge in [0.05, 0.1) is 22.6 Å². The summed E-state index contributed by atoms with van der Waals surface area (Å²) >= 11 is 0. The highest BCUT2D eigenvalue weighted by molar-refractivity contribution is 6.18. The first-order chi connectivity index (χ1) is 19.4. The Morgan fingerprint density at radius 2 is 1.05 bits per heavy atom. The minimum absolute atomic E-state index is 0.127. The van der Waals surface area contributed by atoms with Crippen molar-refractivity contribution in [1.29, 1.82) is 0 Å². The molecule has 0 saturated carbocycles. The van der Waals surface area contributed by atoms with Gasteiger partial charge in [0.1, 0.15) is 0 Å². The molecule has 1 unspecified atom stereocenters. The van der Waals surface area contributed by atoms with Crippen LogP contribution in [0.25, 0.3) is 71.6 Å². The largest absolute Gasteiger partial charge is 0.328 e. The van der Waals surface area contributed by atoms with E-state index in [1.54, 1.807) is 0 Å². The second-order valence-corrected chi connectivity index (χ2v) is 10.9. The van der Waals surface area contributed by atoms with Gasteiger partial charge < -0.3 is 9.13 Å². The SMILES string of the molecule is c1ccc(-n2c3ccccc3c3c4c(ccc32)-c2cccc3c2C4n2c4ccccc4c4cccc-3c42)cc1. The summed E-state index contributed by atoms with van der Waals surface area (Å²) in [6.07, 6.45) is 0. The average Bonchev–Trinajstić information content (AvgIpc) is 3.63. The summed E-state index contributed by atoms with van der Waals surface area (Å²) in [5.74, 6) is 0. The van der Waals surface area contributed by atoms with Gasteiger partial charge in [-0.15, -0.1) is 0 Å². The number of rotatable bonds is 1. The van der Waals surface area contributed by atoms with Gasteiger partial charge in [0.25, 0.3) is 0 Å². The number of nitrogens with zero attached hydrogens (tertiary/aromatic N) is 2. The lowest BCUT2D eigenvalue weighted by atomic mass is 9.89. The van der Waals surface area contributed by atoms with Crippen LogP contribution < -0.4 is 0 Å². The van der Waals surface area contributed by atoms with Gasteiger partial charge in [0, 0.05) is 38.3 Å². The van der Waals surface area contributed by atoms with Crippen molar-refractivity contribution < 1.29 is 0 Å². The van der Waals surface area contributed by atoms with E-state index in [4.69, 9.17) is 0 Å². The van der Waals surface area contributed by atoms with Gasteiger partial charge in [-0.3, -0.25) is 0 Å². The van der Waals surface area contributed by atoms with Gasteiger partial charge in [-0.2, -0.15) is 0 Å². The van der Waals surface area contributed by atoms with E-state index in [-0.39, 0.29) is 6.04 Å². The second kappa shape index (κ2) is 6.86.